The summed E-state index contributed by atoms with van der Waals surface area (Å²) in [5.41, 5.74) is 3.15. The average molecular weight is 391 g/mol. The minimum Gasteiger partial charge on any atom is -0.507 e. The van der Waals surface area contributed by atoms with Gasteiger partial charge in [-0.05, 0) is 58.8 Å². The van der Waals surface area contributed by atoms with Crippen molar-refractivity contribution < 1.29 is 14.6 Å². The number of methoxy groups -OCH3 is 1. The number of nitrogens with one attached hydrogen (secondary N) is 2. The Labute approximate surface area is 167 Å². The number of hydrogen-bond acceptors (Lipinski definition) is 4. The van der Waals surface area contributed by atoms with E-state index >= 15 is 0 Å². The molecule has 1 aliphatic heterocycles. The molecule has 1 heterocycles. The summed E-state index contributed by atoms with van der Waals surface area (Å²) in [6.07, 6.45) is 0. The Morgan fingerprint density at radius 3 is 2.00 bits per heavy atom. The Bertz CT molecular complexity index is 779. The number of benzene rings is 1. The lowest BCUT2D eigenvalue weighted by Crippen LogP contribution is -2.45. The number of esters is 1. The van der Waals surface area contributed by atoms with E-state index in [0.717, 1.165) is 16.7 Å². The van der Waals surface area contributed by atoms with Gasteiger partial charge in [0.2, 0.25) is 0 Å². The van der Waals surface area contributed by atoms with Crippen molar-refractivity contribution in [2.75, 3.05) is 7.11 Å². The van der Waals surface area contributed by atoms with Crippen LogP contribution in [0.25, 0.3) is 0 Å². The van der Waals surface area contributed by atoms with Crippen LogP contribution in [0.15, 0.2) is 23.4 Å². The molecule has 0 aliphatic carbocycles. The van der Waals surface area contributed by atoms with Crippen LogP contribution in [-0.4, -0.2) is 23.3 Å². The molecular formula is C21H30N2O3S. The van der Waals surface area contributed by atoms with Crippen molar-refractivity contribution in [1.29, 1.82) is 0 Å². The van der Waals surface area contributed by atoms with Crippen molar-refractivity contribution in [3.05, 3.63) is 40.1 Å². The third-order valence-corrected chi connectivity index (χ3v) is 4.98. The predicted octanol–water partition coefficient (Wildman–Crippen LogP) is 3.95. The summed E-state index contributed by atoms with van der Waals surface area (Å²) in [6, 6.07) is 3.45. The zero-order valence-electron chi connectivity index (χ0n) is 17.4. The van der Waals surface area contributed by atoms with Gasteiger partial charge in [0.15, 0.2) is 5.11 Å². The van der Waals surface area contributed by atoms with Crippen LogP contribution in [0.3, 0.4) is 0 Å². The molecule has 27 heavy (non-hydrogen) atoms. The summed E-state index contributed by atoms with van der Waals surface area (Å²) in [4.78, 5) is 12.4. The van der Waals surface area contributed by atoms with Gasteiger partial charge in [0.1, 0.15) is 5.75 Å². The SMILES string of the molecule is COC(=O)C1=C(C)NC(=S)N[C@@H]1c1cc(C(C)(C)C)c(O)c(C(C)(C)C)c1. The molecule has 0 radical (unpaired) electrons. The Morgan fingerprint density at radius 2 is 1.59 bits per heavy atom. The molecule has 0 aromatic heterocycles. The summed E-state index contributed by atoms with van der Waals surface area (Å²) < 4.78 is 5.00. The number of rotatable bonds is 2. The molecule has 0 amide bonds. The lowest BCUT2D eigenvalue weighted by atomic mass is 9.77. The van der Waals surface area contributed by atoms with Crippen molar-refractivity contribution in [3.8, 4) is 5.75 Å². The molecular weight excluding hydrogens is 360 g/mol. The first-order chi connectivity index (χ1) is 12.3. The first-order valence-electron chi connectivity index (χ1n) is 9.01. The van der Waals surface area contributed by atoms with Crippen molar-refractivity contribution in [3.63, 3.8) is 0 Å². The van der Waals surface area contributed by atoms with Crippen molar-refractivity contribution in [2.45, 2.75) is 65.3 Å². The highest BCUT2D eigenvalue weighted by Gasteiger charge is 2.34. The molecule has 0 saturated heterocycles. The van der Waals surface area contributed by atoms with Gasteiger partial charge in [-0.15, -0.1) is 0 Å². The van der Waals surface area contributed by atoms with E-state index in [2.05, 4.69) is 52.2 Å². The quantitative estimate of drug-likeness (QED) is 0.525. The third-order valence-electron chi connectivity index (χ3n) is 4.76. The van der Waals surface area contributed by atoms with E-state index in [9.17, 15) is 9.90 Å². The maximum Gasteiger partial charge on any atom is 0.337 e. The van der Waals surface area contributed by atoms with E-state index in [-0.39, 0.29) is 10.8 Å². The van der Waals surface area contributed by atoms with Crippen LogP contribution in [0, 0.1) is 0 Å². The number of thiocarbonyl (C=S) groups is 1. The van der Waals surface area contributed by atoms with E-state index in [4.69, 9.17) is 17.0 Å². The van der Waals surface area contributed by atoms with Gasteiger partial charge < -0.3 is 20.5 Å². The number of hydrogen-bond donors (Lipinski definition) is 3. The van der Waals surface area contributed by atoms with Gasteiger partial charge in [0.05, 0.1) is 18.7 Å². The van der Waals surface area contributed by atoms with Crippen LogP contribution in [-0.2, 0) is 20.4 Å². The Kier molecular flexibility index (Phi) is 5.62. The first-order valence-corrected chi connectivity index (χ1v) is 9.42. The fraction of sp³-hybridized carbons (Fsp3) is 0.524. The summed E-state index contributed by atoms with van der Waals surface area (Å²) >= 11 is 5.32. The number of ether oxygens (including phenoxy) is 1. The first kappa shape index (κ1) is 21.2. The van der Waals surface area contributed by atoms with Crippen LogP contribution in [0.1, 0.15) is 71.2 Å². The molecule has 0 fully saturated rings. The number of carbonyl (C=O) groups is 1. The highest BCUT2D eigenvalue weighted by atomic mass is 32.1. The van der Waals surface area contributed by atoms with Crippen molar-refractivity contribution in [1.82, 2.24) is 10.6 Å². The molecule has 5 nitrogen and oxygen atoms in total. The lowest BCUT2D eigenvalue weighted by molar-refractivity contribution is -0.136. The number of aromatic hydroxyl groups is 1. The maximum atomic E-state index is 12.4. The molecule has 0 unspecified atom stereocenters. The normalized spacial score (nSPS) is 18.1. The van der Waals surface area contributed by atoms with Crippen LogP contribution >= 0.6 is 12.2 Å². The molecule has 148 valence electrons. The van der Waals surface area contributed by atoms with Crippen LogP contribution in [0.5, 0.6) is 5.75 Å². The Balaban J connectivity index is 2.78. The van der Waals surface area contributed by atoms with Crippen molar-refractivity contribution >= 4 is 23.3 Å². The summed E-state index contributed by atoms with van der Waals surface area (Å²) in [7, 11) is 1.37. The third kappa shape index (κ3) is 4.26. The zero-order chi connectivity index (χ0) is 20.7. The molecule has 1 aromatic carbocycles. The van der Waals surface area contributed by atoms with E-state index in [1.165, 1.54) is 7.11 Å². The second kappa shape index (κ2) is 7.15. The molecule has 0 spiro atoms. The number of phenolic OH excluding ortho intramolecular Hbond substituents is 1. The Morgan fingerprint density at radius 1 is 1.11 bits per heavy atom. The summed E-state index contributed by atoms with van der Waals surface area (Å²) in [5.74, 6) is -0.113. The molecule has 1 atom stereocenters. The fourth-order valence-corrected chi connectivity index (χ4v) is 3.56. The maximum absolute atomic E-state index is 12.4. The molecule has 0 saturated carbocycles. The number of carbonyl (C=O) groups excluding carboxylic acids is 1. The minimum atomic E-state index is -0.450. The number of phenols is 1. The number of allylic oxidation sites excluding steroid dienone is 1. The molecule has 1 aliphatic rings. The minimum absolute atomic E-state index is 0.266. The van der Waals surface area contributed by atoms with Gasteiger partial charge in [-0.3, -0.25) is 0 Å². The second-order valence-corrected chi connectivity index (χ2v) is 9.43. The summed E-state index contributed by atoms with van der Waals surface area (Å²) in [5, 5.41) is 17.6. The van der Waals surface area contributed by atoms with Crippen molar-refractivity contribution in [2.24, 2.45) is 0 Å². The second-order valence-electron chi connectivity index (χ2n) is 9.03. The highest BCUT2D eigenvalue weighted by molar-refractivity contribution is 7.80. The van der Waals surface area contributed by atoms with Gasteiger partial charge in [0.25, 0.3) is 0 Å². The average Bonchev–Trinajstić information content (AvgIpc) is 2.51. The Hall–Kier alpha value is -2.08. The van der Waals surface area contributed by atoms with E-state index < -0.39 is 12.0 Å². The highest BCUT2D eigenvalue weighted by Crippen LogP contribution is 2.42. The van der Waals surface area contributed by atoms with Crippen LogP contribution in [0.2, 0.25) is 0 Å². The predicted molar refractivity (Wildman–Crippen MR) is 112 cm³/mol. The smallest absolute Gasteiger partial charge is 0.337 e. The van der Waals surface area contributed by atoms with Gasteiger partial charge in [-0.1, -0.05) is 41.5 Å². The molecule has 2 rings (SSSR count). The lowest BCUT2D eigenvalue weighted by Gasteiger charge is -2.33. The zero-order valence-corrected chi connectivity index (χ0v) is 18.2. The van der Waals surface area contributed by atoms with Gasteiger partial charge in [-0.2, -0.15) is 0 Å². The van der Waals surface area contributed by atoms with Gasteiger partial charge in [0, 0.05) is 5.70 Å². The van der Waals surface area contributed by atoms with Gasteiger partial charge >= 0.3 is 5.97 Å². The van der Waals surface area contributed by atoms with E-state index in [1.807, 2.05) is 19.1 Å². The fourth-order valence-electron chi connectivity index (χ4n) is 3.29. The topological polar surface area (TPSA) is 70.6 Å². The standard InChI is InChI=1S/C21H30N2O3S/c1-11-15(18(25)26-8)16(23-19(27)22-11)12-9-13(20(2,3)4)17(24)14(10-12)21(5,6)7/h9-10,16,24H,1-8H3,(H2,22,23,27)/t16-/m1/s1. The monoisotopic (exact) mass is 390 g/mol. The molecule has 1 aromatic rings. The van der Waals surface area contributed by atoms with Gasteiger partial charge in [-0.25, -0.2) is 4.79 Å². The summed E-state index contributed by atoms with van der Waals surface area (Å²) in [6.45, 7) is 14.1. The van der Waals surface area contributed by atoms with Crippen LogP contribution in [0.4, 0.5) is 0 Å². The largest absolute Gasteiger partial charge is 0.507 e. The molecule has 6 heteroatoms. The van der Waals surface area contributed by atoms with E-state index in [0.29, 0.717) is 22.1 Å². The molecule has 0 bridgehead atoms. The molecule has 3 N–H and O–H groups in total. The van der Waals surface area contributed by atoms with E-state index in [1.54, 1.807) is 0 Å². The van der Waals surface area contributed by atoms with Crippen LogP contribution < -0.4 is 10.6 Å².